The molecule has 2 heterocycles. The van der Waals surface area contributed by atoms with Crippen molar-refractivity contribution in [2.24, 2.45) is 5.41 Å². The van der Waals surface area contributed by atoms with E-state index in [0.717, 1.165) is 18.8 Å². The number of aromatic nitrogens is 1. The van der Waals surface area contributed by atoms with Crippen molar-refractivity contribution in [2.45, 2.75) is 6.92 Å². The van der Waals surface area contributed by atoms with Crippen LogP contribution in [0.1, 0.15) is 6.92 Å². The Bertz CT molecular complexity index is 623. The highest BCUT2D eigenvalue weighted by molar-refractivity contribution is 6.32. The molecule has 0 unspecified atom stereocenters. The molecule has 5 nitrogen and oxygen atoms in total. The van der Waals surface area contributed by atoms with Crippen molar-refractivity contribution in [1.82, 2.24) is 5.16 Å². The summed E-state index contributed by atoms with van der Waals surface area (Å²) in [5, 5.41) is 4.38. The van der Waals surface area contributed by atoms with Crippen LogP contribution in [0.4, 0.5) is 5.88 Å². The molecular formula is C14H15ClN2O3. The Balaban J connectivity index is 1.74. The second kappa shape index (κ2) is 5.00. The number of nitrogen functional groups attached to an aromatic ring is 1. The number of benzene rings is 1. The number of ether oxygens (including phenoxy) is 2. The van der Waals surface area contributed by atoms with Crippen LogP contribution in [0.25, 0.3) is 11.3 Å². The lowest BCUT2D eigenvalue weighted by atomic mass is 9.90. The third-order valence-electron chi connectivity index (χ3n) is 3.23. The smallest absolute Gasteiger partial charge is 0.222 e. The predicted molar refractivity (Wildman–Crippen MR) is 75.8 cm³/mol. The van der Waals surface area contributed by atoms with E-state index in [1.807, 2.05) is 12.1 Å². The van der Waals surface area contributed by atoms with Gasteiger partial charge in [0.05, 0.1) is 24.8 Å². The Morgan fingerprint density at radius 2 is 2.20 bits per heavy atom. The van der Waals surface area contributed by atoms with Crippen LogP contribution < -0.4 is 10.5 Å². The minimum Gasteiger partial charge on any atom is -0.491 e. The van der Waals surface area contributed by atoms with Gasteiger partial charge in [-0.05, 0) is 18.2 Å². The van der Waals surface area contributed by atoms with E-state index in [2.05, 4.69) is 12.1 Å². The van der Waals surface area contributed by atoms with Crippen LogP contribution in [0, 0.1) is 5.41 Å². The maximum absolute atomic E-state index is 6.23. The molecule has 0 atom stereocenters. The summed E-state index contributed by atoms with van der Waals surface area (Å²) in [7, 11) is 0. The summed E-state index contributed by atoms with van der Waals surface area (Å²) in [6, 6.07) is 7.14. The third kappa shape index (κ3) is 2.59. The quantitative estimate of drug-likeness (QED) is 0.938. The van der Waals surface area contributed by atoms with E-state index < -0.39 is 0 Å². The summed E-state index contributed by atoms with van der Waals surface area (Å²) < 4.78 is 15.8. The summed E-state index contributed by atoms with van der Waals surface area (Å²) >= 11 is 6.23. The monoisotopic (exact) mass is 294 g/mol. The van der Waals surface area contributed by atoms with Crippen LogP contribution in [-0.2, 0) is 4.74 Å². The van der Waals surface area contributed by atoms with Crippen LogP contribution in [0.3, 0.4) is 0 Å². The Morgan fingerprint density at radius 3 is 2.75 bits per heavy atom. The summed E-state index contributed by atoms with van der Waals surface area (Å²) in [4.78, 5) is 0. The van der Waals surface area contributed by atoms with Gasteiger partial charge >= 0.3 is 0 Å². The van der Waals surface area contributed by atoms with Crippen molar-refractivity contribution in [3.05, 3.63) is 29.3 Å². The fourth-order valence-electron chi connectivity index (χ4n) is 1.99. The molecule has 0 amide bonds. The van der Waals surface area contributed by atoms with Crippen molar-refractivity contribution >= 4 is 17.5 Å². The number of anilines is 1. The molecule has 20 heavy (non-hydrogen) atoms. The van der Waals surface area contributed by atoms with Crippen molar-refractivity contribution in [2.75, 3.05) is 25.6 Å². The van der Waals surface area contributed by atoms with Gasteiger partial charge in [0.25, 0.3) is 0 Å². The molecule has 6 heteroatoms. The van der Waals surface area contributed by atoms with E-state index in [9.17, 15) is 0 Å². The second-order valence-electron chi connectivity index (χ2n) is 5.35. The number of halogens is 1. The summed E-state index contributed by atoms with van der Waals surface area (Å²) in [5.41, 5.74) is 7.07. The molecule has 1 aliphatic rings. The molecule has 3 rings (SSSR count). The molecule has 1 saturated heterocycles. The molecule has 0 saturated carbocycles. The van der Waals surface area contributed by atoms with Crippen LogP contribution in [-0.4, -0.2) is 25.0 Å². The molecule has 106 valence electrons. The van der Waals surface area contributed by atoms with Crippen molar-refractivity contribution in [3.63, 3.8) is 0 Å². The molecule has 0 radical (unpaired) electrons. The number of rotatable bonds is 4. The minimum atomic E-state index is 0.0859. The van der Waals surface area contributed by atoms with E-state index in [-0.39, 0.29) is 11.3 Å². The number of hydrogen-bond donors (Lipinski definition) is 1. The predicted octanol–water partition coefficient (Wildman–Crippen LogP) is 2.99. The standard InChI is InChI=1S/C14H15ClN2O3/c1-14(6-18-7-14)8-19-12-3-2-9(4-10(12)15)11-5-13(16)20-17-11/h2-5H,6-8,16H2,1H3. The molecule has 0 aliphatic carbocycles. The van der Waals surface area contributed by atoms with Crippen LogP contribution in [0.15, 0.2) is 28.8 Å². The van der Waals surface area contributed by atoms with Gasteiger partial charge in [-0.1, -0.05) is 23.7 Å². The highest BCUT2D eigenvalue weighted by atomic mass is 35.5. The lowest BCUT2D eigenvalue weighted by Crippen LogP contribution is -2.44. The average Bonchev–Trinajstić information content (AvgIpc) is 2.82. The first-order chi connectivity index (χ1) is 9.56. The van der Waals surface area contributed by atoms with Gasteiger partial charge in [-0.15, -0.1) is 0 Å². The summed E-state index contributed by atoms with van der Waals surface area (Å²) in [6.45, 7) is 4.15. The first-order valence-electron chi connectivity index (χ1n) is 6.28. The molecule has 0 spiro atoms. The molecule has 1 aliphatic heterocycles. The number of nitrogens with two attached hydrogens (primary N) is 1. The van der Waals surface area contributed by atoms with Crippen molar-refractivity contribution in [1.29, 1.82) is 0 Å². The molecule has 0 bridgehead atoms. The maximum atomic E-state index is 6.23. The Hall–Kier alpha value is -1.72. The van der Waals surface area contributed by atoms with Gasteiger partial charge < -0.3 is 19.7 Å². The average molecular weight is 295 g/mol. The third-order valence-corrected chi connectivity index (χ3v) is 3.53. The van der Waals surface area contributed by atoms with Gasteiger partial charge in [-0.3, -0.25) is 0 Å². The fraction of sp³-hybridized carbons (Fsp3) is 0.357. The van der Waals surface area contributed by atoms with E-state index in [1.165, 1.54) is 0 Å². The van der Waals surface area contributed by atoms with Gasteiger partial charge in [-0.25, -0.2) is 0 Å². The van der Waals surface area contributed by atoms with E-state index in [1.54, 1.807) is 12.1 Å². The molecule has 2 aromatic rings. The van der Waals surface area contributed by atoms with E-state index in [0.29, 0.717) is 23.1 Å². The first kappa shape index (κ1) is 13.3. The molecule has 1 aromatic carbocycles. The summed E-state index contributed by atoms with van der Waals surface area (Å²) in [5.74, 6) is 0.925. The zero-order chi connectivity index (χ0) is 14.2. The molecular weight excluding hydrogens is 280 g/mol. The van der Waals surface area contributed by atoms with Gasteiger partial charge in [0.1, 0.15) is 11.4 Å². The largest absolute Gasteiger partial charge is 0.491 e. The second-order valence-corrected chi connectivity index (χ2v) is 5.76. The zero-order valence-electron chi connectivity index (χ0n) is 11.1. The topological polar surface area (TPSA) is 70.5 Å². The van der Waals surface area contributed by atoms with Crippen LogP contribution in [0.5, 0.6) is 5.75 Å². The van der Waals surface area contributed by atoms with Crippen molar-refractivity contribution < 1.29 is 14.0 Å². The van der Waals surface area contributed by atoms with Crippen molar-refractivity contribution in [3.8, 4) is 17.0 Å². The number of nitrogens with zero attached hydrogens (tertiary/aromatic N) is 1. The molecule has 1 aromatic heterocycles. The maximum Gasteiger partial charge on any atom is 0.222 e. The minimum absolute atomic E-state index is 0.0859. The Labute approximate surface area is 121 Å². The first-order valence-corrected chi connectivity index (χ1v) is 6.66. The van der Waals surface area contributed by atoms with Crippen LogP contribution >= 0.6 is 11.6 Å². The van der Waals surface area contributed by atoms with E-state index in [4.69, 9.17) is 31.3 Å². The zero-order valence-corrected chi connectivity index (χ0v) is 11.8. The highest BCUT2D eigenvalue weighted by Gasteiger charge is 2.34. The Kier molecular flexibility index (Phi) is 3.31. The SMILES string of the molecule is CC1(COc2ccc(-c3cc(N)on3)cc2Cl)COC1. The van der Waals surface area contributed by atoms with Gasteiger partial charge in [0.15, 0.2) is 0 Å². The van der Waals surface area contributed by atoms with Crippen LogP contribution in [0.2, 0.25) is 5.02 Å². The molecule has 2 N–H and O–H groups in total. The lowest BCUT2D eigenvalue weighted by molar-refractivity contribution is -0.120. The highest BCUT2D eigenvalue weighted by Crippen LogP contribution is 2.33. The van der Waals surface area contributed by atoms with Gasteiger partial charge in [0.2, 0.25) is 5.88 Å². The Morgan fingerprint density at radius 1 is 1.40 bits per heavy atom. The lowest BCUT2D eigenvalue weighted by Gasteiger charge is -2.37. The normalized spacial score (nSPS) is 16.7. The number of hydrogen-bond acceptors (Lipinski definition) is 5. The summed E-state index contributed by atoms with van der Waals surface area (Å²) in [6.07, 6.45) is 0. The van der Waals surface area contributed by atoms with E-state index >= 15 is 0 Å². The molecule has 1 fully saturated rings. The van der Waals surface area contributed by atoms with Gasteiger partial charge in [-0.2, -0.15) is 0 Å². The fourth-order valence-corrected chi connectivity index (χ4v) is 2.22. The van der Waals surface area contributed by atoms with Gasteiger partial charge in [0, 0.05) is 17.0 Å².